The maximum Gasteiger partial charge on any atom is 0.274 e. The van der Waals surface area contributed by atoms with Gasteiger partial charge in [-0.05, 0) is 18.1 Å². The molecule has 1 atom stereocenters. The first kappa shape index (κ1) is 14.5. The van der Waals surface area contributed by atoms with Gasteiger partial charge in [-0.15, -0.1) is 0 Å². The highest BCUT2D eigenvalue weighted by atomic mass is 16.2. The van der Waals surface area contributed by atoms with Crippen molar-refractivity contribution in [2.75, 3.05) is 18.5 Å². The number of nitrogens with zero attached hydrogens (tertiary/aromatic N) is 4. The molecule has 0 saturated heterocycles. The van der Waals surface area contributed by atoms with Crippen molar-refractivity contribution < 1.29 is 4.79 Å². The van der Waals surface area contributed by atoms with Crippen molar-refractivity contribution >= 4 is 11.6 Å². The van der Waals surface area contributed by atoms with Crippen molar-refractivity contribution in [2.45, 2.75) is 25.9 Å². The lowest BCUT2D eigenvalue weighted by Gasteiger charge is -2.30. The Bertz CT molecular complexity index is 659. The fourth-order valence-corrected chi connectivity index (χ4v) is 2.99. The summed E-state index contributed by atoms with van der Waals surface area (Å²) in [4.78, 5) is 25.2. The Hall–Kier alpha value is -2.43. The molecule has 0 fully saturated rings. The number of fused-ring (bicyclic) bond motifs is 1. The summed E-state index contributed by atoms with van der Waals surface area (Å²) in [6.45, 7) is 3.54. The van der Waals surface area contributed by atoms with Gasteiger partial charge in [0.1, 0.15) is 5.69 Å². The smallest absolute Gasteiger partial charge is 0.274 e. The predicted molar refractivity (Wildman–Crippen MR) is 85.7 cm³/mol. The Morgan fingerprint density at radius 2 is 2.14 bits per heavy atom. The van der Waals surface area contributed by atoms with E-state index in [1.807, 2.05) is 17.0 Å². The number of rotatable bonds is 2. The van der Waals surface area contributed by atoms with Crippen LogP contribution in [0.15, 0.2) is 42.9 Å². The van der Waals surface area contributed by atoms with Crippen LogP contribution in [-0.2, 0) is 6.54 Å². The van der Waals surface area contributed by atoms with Crippen molar-refractivity contribution in [2.24, 2.45) is 0 Å². The van der Waals surface area contributed by atoms with Crippen molar-refractivity contribution in [3.8, 4) is 0 Å². The zero-order valence-electron chi connectivity index (χ0n) is 12.9. The molecule has 22 heavy (non-hydrogen) atoms. The fraction of sp³-hybridized carbons (Fsp3) is 0.353. The first-order valence-corrected chi connectivity index (χ1v) is 7.56. The highest BCUT2D eigenvalue weighted by molar-refractivity contribution is 5.92. The molecule has 2 aromatic rings. The Morgan fingerprint density at radius 1 is 1.32 bits per heavy atom. The molecular formula is C17H20N4O. The highest BCUT2D eigenvalue weighted by Gasteiger charge is 2.29. The minimum absolute atomic E-state index is 0.0509. The number of anilines is 1. The van der Waals surface area contributed by atoms with Crippen molar-refractivity contribution in [3.63, 3.8) is 0 Å². The molecule has 1 amide bonds. The Balaban J connectivity index is 1.97. The van der Waals surface area contributed by atoms with Crippen LogP contribution in [0.25, 0.3) is 0 Å². The van der Waals surface area contributed by atoms with Gasteiger partial charge in [-0.2, -0.15) is 0 Å². The van der Waals surface area contributed by atoms with E-state index in [0.29, 0.717) is 12.2 Å². The second-order valence-corrected chi connectivity index (χ2v) is 5.60. The van der Waals surface area contributed by atoms with Gasteiger partial charge >= 0.3 is 0 Å². The van der Waals surface area contributed by atoms with Crippen LogP contribution in [0.1, 0.15) is 29.4 Å². The molecule has 5 nitrogen and oxygen atoms in total. The van der Waals surface area contributed by atoms with E-state index in [0.717, 1.165) is 18.5 Å². The summed E-state index contributed by atoms with van der Waals surface area (Å²) >= 11 is 0. The summed E-state index contributed by atoms with van der Waals surface area (Å²) in [5.41, 5.74) is 2.76. The number of aromatic nitrogens is 2. The lowest BCUT2D eigenvalue weighted by molar-refractivity contribution is 0.0661. The average Bonchev–Trinajstić information content (AvgIpc) is 2.72. The average molecular weight is 296 g/mol. The largest absolute Gasteiger partial charge is 0.372 e. The molecule has 0 saturated carbocycles. The van der Waals surface area contributed by atoms with E-state index in [1.54, 1.807) is 12.4 Å². The number of carbonyl (C=O) groups is 1. The summed E-state index contributed by atoms with van der Waals surface area (Å²) in [6.07, 6.45) is 5.59. The molecule has 0 N–H and O–H groups in total. The first-order valence-electron chi connectivity index (χ1n) is 7.56. The number of hydrogen-bond acceptors (Lipinski definition) is 4. The molecule has 0 unspecified atom stereocenters. The second-order valence-electron chi connectivity index (χ2n) is 5.60. The van der Waals surface area contributed by atoms with Gasteiger partial charge in [0.2, 0.25) is 0 Å². The van der Waals surface area contributed by atoms with Gasteiger partial charge in [0.05, 0.1) is 6.20 Å². The van der Waals surface area contributed by atoms with Gasteiger partial charge in [-0.3, -0.25) is 9.78 Å². The van der Waals surface area contributed by atoms with E-state index in [1.165, 1.54) is 11.9 Å². The molecule has 3 rings (SSSR count). The maximum atomic E-state index is 12.8. The zero-order chi connectivity index (χ0) is 15.5. The summed E-state index contributed by atoms with van der Waals surface area (Å²) in [6, 6.07) is 8.41. The third-order valence-corrected chi connectivity index (χ3v) is 4.18. The summed E-state index contributed by atoms with van der Waals surface area (Å²) < 4.78 is 0. The van der Waals surface area contributed by atoms with Gasteiger partial charge < -0.3 is 9.80 Å². The summed E-state index contributed by atoms with van der Waals surface area (Å²) in [5, 5.41) is 0. The van der Waals surface area contributed by atoms with Gasteiger partial charge in [0.15, 0.2) is 0 Å². The number of hydrogen-bond donors (Lipinski definition) is 0. The minimum Gasteiger partial charge on any atom is -0.372 e. The molecule has 0 aliphatic carbocycles. The molecule has 1 aromatic heterocycles. The van der Waals surface area contributed by atoms with Crippen molar-refractivity contribution in [3.05, 3.63) is 54.1 Å². The van der Waals surface area contributed by atoms with Gasteiger partial charge in [0, 0.05) is 44.3 Å². The lowest BCUT2D eigenvalue weighted by Crippen LogP contribution is -2.43. The number of benzene rings is 1. The van der Waals surface area contributed by atoms with Crippen LogP contribution in [0.2, 0.25) is 0 Å². The van der Waals surface area contributed by atoms with E-state index < -0.39 is 0 Å². The molecule has 5 heteroatoms. The van der Waals surface area contributed by atoms with Crippen LogP contribution in [0.4, 0.5) is 5.69 Å². The molecular weight excluding hydrogens is 276 g/mol. The molecule has 0 radical (unpaired) electrons. The van der Waals surface area contributed by atoms with Crippen LogP contribution >= 0.6 is 0 Å². The van der Waals surface area contributed by atoms with Crippen LogP contribution in [0.3, 0.4) is 0 Å². The molecule has 1 aliphatic heterocycles. The summed E-state index contributed by atoms with van der Waals surface area (Å²) in [5.74, 6) is -0.0509. The molecule has 0 spiro atoms. The van der Waals surface area contributed by atoms with Crippen LogP contribution < -0.4 is 4.90 Å². The van der Waals surface area contributed by atoms with E-state index in [4.69, 9.17) is 0 Å². The second kappa shape index (κ2) is 6.13. The van der Waals surface area contributed by atoms with E-state index in [2.05, 4.69) is 41.0 Å². The number of amides is 1. The number of carbonyl (C=O) groups excluding carboxylic acids is 1. The molecule has 114 valence electrons. The van der Waals surface area contributed by atoms with Crippen LogP contribution in [0, 0.1) is 0 Å². The molecule has 1 aliphatic rings. The monoisotopic (exact) mass is 296 g/mol. The topological polar surface area (TPSA) is 49.3 Å². The molecule has 2 heterocycles. The fourth-order valence-electron chi connectivity index (χ4n) is 2.99. The van der Waals surface area contributed by atoms with Crippen LogP contribution in [0.5, 0.6) is 0 Å². The van der Waals surface area contributed by atoms with Crippen molar-refractivity contribution in [1.82, 2.24) is 14.9 Å². The Labute approximate surface area is 130 Å². The SMILES string of the molecule is CC[C@@H]1CN(C)c2ccccc2CN1C(=O)c1cnccn1. The standard InChI is InChI=1S/C17H20N4O/c1-3-14-12-20(2)16-7-5-4-6-13(16)11-21(14)17(22)15-10-18-8-9-19-15/h4-10,14H,3,11-12H2,1-2H3/t14-/m1/s1. The van der Waals surface area contributed by atoms with E-state index >= 15 is 0 Å². The Kier molecular flexibility index (Phi) is 4.04. The van der Waals surface area contributed by atoms with E-state index in [9.17, 15) is 4.79 Å². The third-order valence-electron chi connectivity index (χ3n) is 4.18. The van der Waals surface area contributed by atoms with E-state index in [-0.39, 0.29) is 11.9 Å². The maximum absolute atomic E-state index is 12.8. The molecule has 1 aromatic carbocycles. The van der Waals surface area contributed by atoms with Crippen molar-refractivity contribution in [1.29, 1.82) is 0 Å². The lowest BCUT2D eigenvalue weighted by atomic mass is 10.1. The van der Waals surface area contributed by atoms with Gasteiger partial charge in [0.25, 0.3) is 5.91 Å². The Morgan fingerprint density at radius 3 is 2.86 bits per heavy atom. The third kappa shape index (κ3) is 2.66. The molecule has 0 bridgehead atoms. The predicted octanol–water partition coefficient (Wildman–Crippen LogP) is 2.35. The first-order chi connectivity index (χ1) is 10.7. The summed E-state index contributed by atoms with van der Waals surface area (Å²) in [7, 11) is 2.08. The number of para-hydroxylation sites is 1. The minimum atomic E-state index is -0.0509. The van der Waals surface area contributed by atoms with Crippen LogP contribution in [-0.4, -0.2) is 40.4 Å². The quantitative estimate of drug-likeness (QED) is 0.853. The highest BCUT2D eigenvalue weighted by Crippen LogP contribution is 2.27. The van der Waals surface area contributed by atoms with Gasteiger partial charge in [-0.1, -0.05) is 25.1 Å². The normalized spacial score (nSPS) is 17.8. The van der Waals surface area contributed by atoms with Gasteiger partial charge in [-0.25, -0.2) is 4.98 Å². The zero-order valence-corrected chi connectivity index (χ0v) is 12.9. The number of likely N-dealkylation sites (N-methyl/N-ethyl adjacent to an activating group) is 1.